The molecule has 2 fully saturated rings. The number of halogens is 2. The highest BCUT2D eigenvalue weighted by molar-refractivity contribution is 6.39. The second-order valence-electron chi connectivity index (χ2n) is 7.95. The van der Waals surface area contributed by atoms with Crippen LogP contribution in [0.4, 0.5) is 5.69 Å². The van der Waals surface area contributed by atoms with Crippen LogP contribution in [0.1, 0.15) is 42.9 Å². The largest absolute Gasteiger partial charge is 0.373 e. The van der Waals surface area contributed by atoms with Gasteiger partial charge in [0, 0.05) is 36.3 Å². The van der Waals surface area contributed by atoms with Crippen molar-refractivity contribution in [3.63, 3.8) is 0 Å². The Kier molecular flexibility index (Phi) is 5.68. The molecule has 0 radical (unpaired) electrons. The van der Waals surface area contributed by atoms with Crippen LogP contribution in [0.15, 0.2) is 47.2 Å². The van der Waals surface area contributed by atoms with Crippen molar-refractivity contribution in [1.29, 1.82) is 0 Å². The second-order valence-corrected chi connectivity index (χ2v) is 8.77. The Hall–Kier alpha value is -2.08. The van der Waals surface area contributed by atoms with Gasteiger partial charge < -0.3 is 14.2 Å². The Bertz CT molecular complexity index is 992. The number of benzene rings is 1. The van der Waals surface area contributed by atoms with Crippen LogP contribution in [0.3, 0.4) is 0 Å². The summed E-state index contributed by atoms with van der Waals surface area (Å²) in [7, 11) is 0. The van der Waals surface area contributed by atoms with Gasteiger partial charge in [0.05, 0.1) is 34.6 Å². The lowest BCUT2D eigenvalue weighted by atomic mass is 10.0. The SMILES string of the molecule is Clc1cccc(Cl)c1-c1noc(C2CC2)c1COC1CCN(c2cccnc2)CC1. The van der Waals surface area contributed by atoms with Crippen LogP contribution in [-0.2, 0) is 11.3 Å². The standard InChI is InChI=1S/C23H23Cl2N3O2/c24-19-4-1-5-20(25)21(19)22-18(23(30-27-22)15-6-7-15)14-29-17-8-11-28(12-9-17)16-3-2-10-26-13-16/h1-5,10,13,15,17H,6-9,11-12,14H2. The van der Waals surface area contributed by atoms with Crippen LogP contribution < -0.4 is 4.90 Å². The van der Waals surface area contributed by atoms with E-state index in [1.807, 2.05) is 30.5 Å². The van der Waals surface area contributed by atoms with Crippen molar-refractivity contribution < 1.29 is 9.26 Å². The number of pyridine rings is 1. The smallest absolute Gasteiger partial charge is 0.145 e. The average Bonchev–Trinajstić information content (AvgIpc) is 3.54. The number of anilines is 1. The Morgan fingerprint density at radius 1 is 1.03 bits per heavy atom. The molecule has 2 aromatic heterocycles. The fourth-order valence-corrected chi connectivity index (χ4v) is 4.65. The minimum atomic E-state index is 0.203. The van der Waals surface area contributed by atoms with Crippen LogP contribution in [-0.4, -0.2) is 29.3 Å². The summed E-state index contributed by atoms with van der Waals surface area (Å²) in [6.07, 6.45) is 8.12. The van der Waals surface area contributed by atoms with E-state index in [0.29, 0.717) is 28.3 Å². The monoisotopic (exact) mass is 443 g/mol. The fraction of sp³-hybridized carbons (Fsp3) is 0.391. The molecule has 0 unspecified atom stereocenters. The molecule has 0 bridgehead atoms. The number of piperidine rings is 1. The zero-order valence-corrected chi connectivity index (χ0v) is 18.1. The second kappa shape index (κ2) is 8.58. The van der Waals surface area contributed by atoms with E-state index in [1.165, 1.54) is 5.69 Å². The summed E-state index contributed by atoms with van der Waals surface area (Å²) in [5, 5.41) is 5.49. The van der Waals surface area contributed by atoms with Gasteiger partial charge in [-0.25, -0.2) is 0 Å². The van der Waals surface area contributed by atoms with Crippen molar-refractivity contribution in [3.05, 3.63) is 64.1 Å². The molecule has 1 aliphatic carbocycles. The van der Waals surface area contributed by atoms with Crippen LogP contribution in [0.25, 0.3) is 11.3 Å². The molecule has 1 aromatic carbocycles. The Balaban J connectivity index is 1.30. The minimum Gasteiger partial charge on any atom is -0.373 e. The lowest BCUT2D eigenvalue weighted by Gasteiger charge is -2.33. The molecule has 2 aliphatic rings. The highest BCUT2D eigenvalue weighted by atomic mass is 35.5. The number of hydrogen-bond acceptors (Lipinski definition) is 5. The van der Waals surface area contributed by atoms with E-state index in [-0.39, 0.29) is 6.10 Å². The Morgan fingerprint density at radius 3 is 2.47 bits per heavy atom. The number of aromatic nitrogens is 2. The van der Waals surface area contributed by atoms with Gasteiger partial charge in [-0.3, -0.25) is 4.98 Å². The molecule has 156 valence electrons. The van der Waals surface area contributed by atoms with E-state index in [4.69, 9.17) is 32.5 Å². The first-order valence-corrected chi connectivity index (χ1v) is 11.2. The zero-order valence-electron chi connectivity index (χ0n) is 16.6. The normalized spacial score (nSPS) is 17.5. The Labute approximate surface area is 185 Å². The summed E-state index contributed by atoms with van der Waals surface area (Å²) in [6.45, 7) is 2.38. The summed E-state index contributed by atoms with van der Waals surface area (Å²) in [6, 6.07) is 9.57. The van der Waals surface area contributed by atoms with Crippen molar-refractivity contribution in [1.82, 2.24) is 10.1 Å². The van der Waals surface area contributed by atoms with Gasteiger partial charge in [-0.15, -0.1) is 0 Å². The molecule has 1 aliphatic heterocycles. The van der Waals surface area contributed by atoms with Gasteiger partial charge in [-0.2, -0.15) is 0 Å². The molecule has 7 heteroatoms. The molecule has 0 N–H and O–H groups in total. The van der Waals surface area contributed by atoms with E-state index in [2.05, 4.69) is 21.1 Å². The van der Waals surface area contributed by atoms with Crippen LogP contribution in [0.5, 0.6) is 0 Å². The van der Waals surface area contributed by atoms with Gasteiger partial charge in [-0.05, 0) is 49.9 Å². The van der Waals surface area contributed by atoms with Crippen LogP contribution in [0.2, 0.25) is 10.0 Å². The average molecular weight is 444 g/mol. The molecule has 1 saturated heterocycles. The van der Waals surface area contributed by atoms with Gasteiger partial charge in [0.15, 0.2) is 0 Å². The minimum absolute atomic E-state index is 0.203. The van der Waals surface area contributed by atoms with Gasteiger partial charge in [0.25, 0.3) is 0 Å². The maximum atomic E-state index is 6.45. The first kappa shape index (κ1) is 19.9. The quantitative estimate of drug-likeness (QED) is 0.460. The van der Waals surface area contributed by atoms with Gasteiger partial charge in [0.2, 0.25) is 0 Å². The van der Waals surface area contributed by atoms with Crippen LogP contribution >= 0.6 is 23.2 Å². The fourth-order valence-electron chi connectivity index (χ4n) is 4.07. The van der Waals surface area contributed by atoms with E-state index in [0.717, 1.165) is 55.7 Å². The molecule has 3 aromatic rings. The molecule has 5 nitrogen and oxygen atoms in total. The molecule has 0 amide bonds. The predicted octanol–water partition coefficient (Wildman–Crippen LogP) is 6.11. The van der Waals surface area contributed by atoms with Gasteiger partial charge in [0.1, 0.15) is 11.5 Å². The molecule has 30 heavy (non-hydrogen) atoms. The molecule has 0 atom stereocenters. The van der Waals surface area contributed by atoms with Gasteiger partial charge in [-0.1, -0.05) is 34.4 Å². The number of ether oxygens (including phenoxy) is 1. The lowest BCUT2D eigenvalue weighted by molar-refractivity contribution is 0.0246. The third-order valence-electron chi connectivity index (χ3n) is 5.88. The maximum absolute atomic E-state index is 6.45. The molecule has 3 heterocycles. The molecule has 0 spiro atoms. The Morgan fingerprint density at radius 2 is 1.80 bits per heavy atom. The van der Waals surface area contributed by atoms with Crippen molar-refractivity contribution in [3.8, 4) is 11.3 Å². The highest BCUT2D eigenvalue weighted by Crippen LogP contribution is 2.46. The number of nitrogens with zero attached hydrogens (tertiary/aromatic N) is 3. The first-order chi connectivity index (χ1) is 14.7. The van der Waals surface area contributed by atoms with E-state index in [1.54, 1.807) is 6.20 Å². The van der Waals surface area contributed by atoms with Crippen molar-refractivity contribution in [2.45, 2.75) is 44.3 Å². The topological polar surface area (TPSA) is 51.4 Å². The molecular formula is C23H23Cl2N3O2. The molecule has 5 rings (SSSR count). The van der Waals surface area contributed by atoms with Crippen molar-refractivity contribution in [2.75, 3.05) is 18.0 Å². The van der Waals surface area contributed by atoms with Gasteiger partial charge >= 0.3 is 0 Å². The van der Waals surface area contributed by atoms with Crippen molar-refractivity contribution in [2.24, 2.45) is 0 Å². The zero-order chi connectivity index (χ0) is 20.5. The third kappa shape index (κ3) is 4.07. The van der Waals surface area contributed by atoms with E-state index in [9.17, 15) is 0 Å². The number of rotatable bonds is 6. The third-order valence-corrected chi connectivity index (χ3v) is 6.51. The molecular weight excluding hydrogens is 421 g/mol. The van der Waals surface area contributed by atoms with E-state index >= 15 is 0 Å². The summed E-state index contributed by atoms with van der Waals surface area (Å²) in [5.41, 5.74) is 3.59. The predicted molar refractivity (Wildman–Crippen MR) is 118 cm³/mol. The maximum Gasteiger partial charge on any atom is 0.145 e. The summed E-state index contributed by atoms with van der Waals surface area (Å²) >= 11 is 12.9. The van der Waals surface area contributed by atoms with Crippen molar-refractivity contribution >= 4 is 28.9 Å². The highest BCUT2D eigenvalue weighted by Gasteiger charge is 2.34. The summed E-state index contributed by atoms with van der Waals surface area (Å²) in [4.78, 5) is 6.58. The van der Waals surface area contributed by atoms with E-state index < -0.39 is 0 Å². The molecule has 1 saturated carbocycles. The van der Waals surface area contributed by atoms with Crippen LogP contribution in [0, 0.1) is 0 Å². The first-order valence-electron chi connectivity index (χ1n) is 10.4. The summed E-state index contributed by atoms with van der Waals surface area (Å²) in [5.74, 6) is 1.35. The number of hydrogen-bond donors (Lipinski definition) is 0. The lowest BCUT2D eigenvalue weighted by Crippen LogP contribution is -2.37. The summed E-state index contributed by atoms with van der Waals surface area (Å²) < 4.78 is 12.1.